The summed E-state index contributed by atoms with van der Waals surface area (Å²) in [6.07, 6.45) is 0. The van der Waals surface area contributed by atoms with E-state index in [0.29, 0.717) is 17.1 Å². The van der Waals surface area contributed by atoms with Crippen molar-refractivity contribution in [2.75, 3.05) is 5.73 Å². The number of nitrogen functional groups attached to an aromatic ring is 1. The number of benzene rings is 1. The molecule has 0 unspecified atom stereocenters. The molecule has 0 saturated carbocycles. The maximum absolute atomic E-state index is 8.79. The van der Waals surface area contributed by atoms with Crippen LogP contribution in [0.1, 0.15) is 5.76 Å². The molecule has 0 saturated heterocycles. The van der Waals surface area contributed by atoms with Gasteiger partial charge in [0.2, 0.25) is 0 Å². The molecule has 1 aromatic heterocycles. The van der Waals surface area contributed by atoms with Crippen LogP contribution in [-0.2, 0) is 6.61 Å². The minimum absolute atomic E-state index is 0.137. The lowest BCUT2D eigenvalue weighted by Crippen LogP contribution is -1.83. The monoisotopic (exact) mass is 190 g/mol. The van der Waals surface area contributed by atoms with Crippen molar-refractivity contribution in [3.63, 3.8) is 0 Å². The highest BCUT2D eigenvalue weighted by Crippen LogP contribution is 2.20. The van der Waals surface area contributed by atoms with Gasteiger partial charge in [-0.15, -0.1) is 0 Å². The average Bonchev–Trinajstić information content (AvgIpc) is 2.67. The summed E-state index contributed by atoms with van der Waals surface area (Å²) in [4.78, 5) is 0. The zero-order chi connectivity index (χ0) is 9.97. The number of nitrogens with two attached hydrogens (primary N) is 1. The van der Waals surface area contributed by atoms with Gasteiger partial charge in [0.05, 0.1) is 0 Å². The van der Waals surface area contributed by atoms with E-state index in [1.165, 1.54) is 0 Å². The van der Waals surface area contributed by atoms with Gasteiger partial charge < -0.3 is 15.4 Å². The highest BCUT2D eigenvalue weighted by molar-refractivity contribution is 5.61. The van der Waals surface area contributed by atoms with Crippen molar-refractivity contribution in [1.29, 1.82) is 0 Å². The fourth-order valence-electron chi connectivity index (χ4n) is 1.18. The van der Waals surface area contributed by atoms with Gasteiger partial charge in [-0.25, -0.2) is 0 Å². The summed E-state index contributed by atoms with van der Waals surface area (Å²) >= 11 is 0. The van der Waals surface area contributed by atoms with Crippen LogP contribution in [0, 0.1) is 0 Å². The molecule has 1 aromatic carbocycles. The summed E-state index contributed by atoms with van der Waals surface area (Å²) in [5.74, 6) is 0.455. The summed E-state index contributed by atoms with van der Waals surface area (Å²) in [6, 6.07) is 9.00. The molecule has 0 aliphatic heterocycles. The third-order valence-corrected chi connectivity index (χ3v) is 1.92. The molecule has 0 spiro atoms. The van der Waals surface area contributed by atoms with Gasteiger partial charge in [0.15, 0.2) is 5.76 Å². The van der Waals surface area contributed by atoms with Crippen molar-refractivity contribution in [2.45, 2.75) is 6.61 Å². The van der Waals surface area contributed by atoms with E-state index in [1.807, 2.05) is 12.1 Å². The Morgan fingerprint density at radius 2 is 2.00 bits per heavy atom. The van der Waals surface area contributed by atoms with Crippen LogP contribution in [-0.4, -0.2) is 10.3 Å². The van der Waals surface area contributed by atoms with E-state index >= 15 is 0 Å². The molecule has 3 N–H and O–H groups in total. The Hall–Kier alpha value is -1.81. The Balaban J connectivity index is 2.34. The molecule has 0 aliphatic carbocycles. The zero-order valence-corrected chi connectivity index (χ0v) is 7.47. The first kappa shape index (κ1) is 8.77. The fourth-order valence-corrected chi connectivity index (χ4v) is 1.18. The number of anilines is 1. The first-order chi connectivity index (χ1) is 6.79. The van der Waals surface area contributed by atoms with Crippen LogP contribution < -0.4 is 5.73 Å². The van der Waals surface area contributed by atoms with Gasteiger partial charge in [-0.3, -0.25) is 0 Å². The molecule has 0 radical (unpaired) electrons. The van der Waals surface area contributed by atoms with Gasteiger partial charge in [-0.05, 0) is 12.1 Å². The van der Waals surface area contributed by atoms with E-state index in [4.69, 9.17) is 15.4 Å². The van der Waals surface area contributed by atoms with Crippen molar-refractivity contribution in [3.05, 3.63) is 36.1 Å². The molecule has 0 aliphatic rings. The van der Waals surface area contributed by atoms with Crippen LogP contribution in [0.4, 0.5) is 5.69 Å². The molecule has 2 rings (SSSR count). The average molecular weight is 190 g/mol. The van der Waals surface area contributed by atoms with E-state index in [0.717, 1.165) is 5.56 Å². The molecule has 0 amide bonds. The molecule has 14 heavy (non-hydrogen) atoms. The first-order valence-electron chi connectivity index (χ1n) is 4.22. The van der Waals surface area contributed by atoms with Crippen molar-refractivity contribution >= 4 is 5.69 Å². The van der Waals surface area contributed by atoms with Gasteiger partial charge in [0.25, 0.3) is 0 Å². The van der Waals surface area contributed by atoms with Gasteiger partial charge in [-0.2, -0.15) is 0 Å². The summed E-state index contributed by atoms with van der Waals surface area (Å²) in [5.41, 5.74) is 7.88. The Labute approximate surface area is 81.0 Å². The van der Waals surface area contributed by atoms with Gasteiger partial charge in [-0.1, -0.05) is 17.3 Å². The first-order valence-corrected chi connectivity index (χ1v) is 4.22. The second-order valence-electron chi connectivity index (χ2n) is 2.96. The van der Waals surface area contributed by atoms with E-state index in [2.05, 4.69) is 5.16 Å². The SMILES string of the molecule is Nc1ccc(-c2cc(CO)on2)cc1. The number of aliphatic hydroxyl groups is 1. The van der Waals surface area contributed by atoms with Crippen LogP contribution >= 0.6 is 0 Å². The number of hydrogen-bond acceptors (Lipinski definition) is 4. The molecule has 4 heteroatoms. The van der Waals surface area contributed by atoms with Gasteiger partial charge >= 0.3 is 0 Å². The van der Waals surface area contributed by atoms with E-state index < -0.39 is 0 Å². The fraction of sp³-hybridized carbons (Fsp3) is 0.100. The molecular weight excluding hydrogens is 180 g/mol. The lowest BCUT2D eigenvalue weighted by atomic mass is 10.1. The predicted molar refractivity (Wildman–Crippen MR) is 52.3 cm³/mol. The predicted octanol–water partition coefficient (Wildman–Crippen LogP) is 1.42. The largest absolute Gasteiger partial charge is 0.399 e. The van der Waals surface area contributed by atoms with Crippen LogP contribution in [0.2, 0.25) is 0 Å². The van der Waals surface area contributed by atoms with E-state index in [-0.39, 0.29) is 6.61 Å². The molecular formula is C10H10N2O2. The number of aromatic nitrogens is 1. The summed E-state index contributed by atoms with van der Waals surface area (Å²) in [6.45, 7) is -0.137. The molecule has 2 aromatic rings. The third-order valence-electron chi connectivity index (χ3n) is 1.92. The van der Waals surface area contributed by atoms with E-state index in [1.54, 1.807) is 18.2 Å². The van der Waals surface area contributed by atoms with Crippen LogP contribution in [0.3, 0.4) is 0 Å². The Morgan fingerprint density at radius 1 is 1.29 bits per heavy atom. The molecule has 0 fully saturated rings. The van der Waals surface area contributed by atoms with Crippen molar-refractivity contribution in [2.24, 2.45) is 0 Å². The highest BCUT2D eigenvalue weighted by atomic mass is 16.5. The second-order valence-corrected chi connectivity index (χ2v) is 2.96. The summed E-state index contributed by atoms with van der Waals surface area (Å²) in [7, 11) is 0. The lowest BCUT2D eigenvalue weighted by molar-refractivity contribution is 0.229. The number of aliphatic hydroxyl groups excluding tert-OH is 1. The van der Waals surface area contributed by atoms with Gasteiger partial charge in [0.1, 0.15) is 12.3 Å². The smallest absolute Gasteiger partial charge is 0.162 e. The topological polar surface area (TPSA) is 72.3 Å². The number of rotatable bonds is 2. The van der Waals surface area contributed by atoms with Crippen molar-refractivity contribution in [3.8, 4) is 11.3 Å². The molecule has 4 nitrogen and oxygen atoms in total. The van der Waals surface area contributed by atoms with Crippen molar-refractivity contribution < 1.29 is 9.63 Å². The minimum Gasteiger partial charge on any atom is -0.399 e. The van der Waals surface area contributed by atoms with Crippen molar-refractivity contribution in [1.82, 2.24) is 5.16 Å². The van der Waals surface area contributed by atoms with Crippen LogP contribution in [0.25, 0.3) is 11.3 Å². The van der Waals surface area contributed by atoms with Gasteiger partial charge in [0, 0.05) is 17.3 Å². The highest BCUT2D eigenvalue weighted by Gasteiger charge is 2.04. The third kappa shape index (κ3) is 1.60. The number of nitrogens with zero attached hydrogens (tertiary/aromatic N) is 1. The molecule has 0 atom stereocenters. The van der Waals surface area contributed by atoms with Crippen LogP contribution in [0.5, 0.6) is 0 Å². The normalized spacial score (nSPS) is 10.4. The summed E-state index contributed by atoms with van der Waals surface area (Å²) in [5, 5.41) is 12.6. The quantitative estimate of drug-likeness (QED) is 0.702. The standard InChI is InChI=1S/C10H10N2O2/c11-8-3-1-7(2-4-8)10-5-9(6-13)14-12-10/h1-5,13H,6,11H2. The lowest BCUT2D eigenvalue weighted by Gasteiger charge is -1.95. The van der Waals surface area contributed by atoms with Crippen LogP contribution in [0.15, 0.2) is 34.9 Å². The molecule has 0 bridgehead atoms. The summed E-state index contributed by atoms with van der Waals surface area (Å²) < 4.78 is 4.87. The second kappa shape index (κ2) is 3.51. The Morgan fingerprint density at radius 3 is 2.57 bits per heavy atom. The zero-order valence-electron chi connectivity index (χ0n) is 7.47. The minimum atomic E-state index is -0.137. The molecule has 1 heterocycles. The Kier molecular flexibility index (Phi) is 2.20. The molecule has 72 valence electrons. The maximum Gasteiger partial charge on any atom is 0.162 e. The van der Waals surface area contributed by atoms with E-state index in [9.17, 15) is 0 Å². The maximum atomic E-state index is 8.79. The number of hydrogen-bond donors (Lipinski definition) is 2. The Bertz CT molecular complexity index is 420.